The van der Waals surface area contributed by atoms with Gasteiger partial charge < -0.3 is 10.2 Å². The van der Waals surface area contributed by atoms with E-state index in [2.05, 4.69) is 59.5 Å². The van der Waals surface area contributed by atoms with Crippen molar-refractivity contribution in [3.63, 3.8) is 0 Å². The van der Waals surface area contributed by atoms with E-state index in [-0.39, 0.29) is 0 Å². The molecule has 0 amide bonds. The molecule has 1 N–H and O–H groups in total. The average Bonchev–Trinajstić information content (AvgIpc) is 2.62. The van der Waals surface area contributed by atoms with Crippen LogP contribution in [0.3, 0.4) is 0 Å². The van der Waals surface area contributed by atoms with Gasteiger partial charge in [0.25, 0.3) is 0 Å². The third-order valence-electron chi connectivity index (χ3n) is 3.62. The summed E-state index contributed by atoms with van der Waals surface area (Å²) < 4.78 is 0. The summed E-state index contributed by atoms with van der Waals surface area (Å²) in [4.78, 5) is 2.00. The summed E-state index contributed by atoms with van der Waals surface area (Å²) in [5.41, 5.74) is 4.57. The third-order valence-corrected chi connectivity index (χ3v) is 3.62. The monoisotopic (exact) mass is 312 g/mol. The number of rotatable bonds is 7. The largest absolute Gasteiger partial charge is 0.374 e. The van der Waals surface area contributed by atoms with Crippen LogP contribution < -0.4 is 10.2 Å². The maximum Gasteiger partial charge on any atom is 0.0801 e. The van der Waals surface area contributed by atoms with Gasteiger partial charge in [-0.05, 0) is 41.8 Å². The van der Waals surface area contributed by atoms with E-state index in [1.165, 1.54) is 11.1 Å². The van der Waals surface area contributed by atoms with Crippen LogP contribution in [-0.4, -0.2) is 19.6 Å². The Balaban J connectivity index is 2.02. The molecule has 2 heteroatoms. The Morgan fingerprint density at radius 3 is 1.79 bits per heavy atom. The Morgan fingerprint density at radius 1 is 0.750 bits per heavy atom. The van der Waals surface area contributed by atoms with Gasteiger partial charge in [0.2, 0.25) is 0 Å². The zero-order valence-electron chi connectivity index (χ0n) is 13.6. The van der Waals surface area contributed by atoms with Crippen LogP contribution in [-0.2, 0) is 6.42 Å². The van der Waals surface area contributed by atoms with Crippen molar-refractivity contribution in [1.82, 2.24) is 0 Å². The van der Waals surface area contributed by atoms with Crippen LogP contribution in [0.5, 0.6) is 0 Å². The fraction of sp³-hybridized carbons (Fsp3) is 0.182. The molecule has 0 spiro atoms. The van der Waals surface area contributed by atoms with Gasteiger partial charge >= 0.3 is 0 Å². The van der Waals surface area contributed by atoms with Gasteiger partial charge in [-0.15, -0.1) is 19.3 Å². The van der Waals surface area contributed by atoms with E-state index in [1.54, 1.807) is 0 Å². The molecule has 0 aliphatic rings. The van der Waals surface area contributed by atoms with E-state index in [0.29, 0.717) is 19.6 Å². The summed E-state index contributed by atoms with van der Waals surface area (Å²) in [6.45, 7) is 1.55. The lowest BCUT2D eigenvalue weighted by atomic mass is 10.0. The molecule has 0 heterocycles. The fourth-order valence-electron chi connectivity index (χ4n) is 2.41. The number of terminal acetylenes is 3. The molecule has 0 atom stereocenters. The molecule has 2 rings (SSSR count). The van der Waals surface area contributed by atoms with Gasteiger partial charge in [0.1, 0.15) is 0 Å². The minimum absolute atomic E-state index is 0.510. The highest BCUT2D eigenvalue weighted by molar-refractivity contribution is 5.51. The van der Waals surface area contributed by atoms with Crippen LogP contribution in [0.25, 0.3) is 0 Å². The van der Waals surface area contributed by atoms with Crippen molar-refractivity contribution in [2.45, 2.75) is 6.42 Å². The second-order valence-electron chi connectivity index (χ2n) is 5.36. The van der Waals surface area contributed by atoms with E-state index in [4.69, 9.17) is 19.3 Å². The normalized spacial score (nSPS) is 9.38. The standard InChI is InChI=1S/C22H20N2/c1-4-15-23-21-11-7-19(8-12-21)18-20-9-13-22(14-10-20)24(16-5-2)17-6-3/h1-3,7-14,23H,15-18H2. The summed E-state index contributed by atoms with van der Waals surface area (Å²) >= 11 is 0. The second-order valence-corrected chi connectivity index (χ2v) is 5.36. The lowest BCUT2D eigenvalue weighted by molar-refractivity contribution is 0.984. The Morgan fingerprint density at radius 2 is 1.29 bits per heavy atom. The van der Waals surface area contributed by atoms with Gasteiger partial charge in [-0.1, -0.05) is 42.0 Å². The van der Waals surface area contributed by atoms with E-state index in [1.807, 2.05) is 17.0 Å². The molecule has 0 saturated carbocycles. The second kappa shape index (κ2) is 8.99. The quantitative estimate of drug-likeness (QED) is 0.788. The fourth-order valence-corrected chi connectivity index (χ4v) is 2.41. The number of benzene rings is 2. The molecule has 24 heavy (non-hydrogen) atoms. The Kier molecular flexibility index (Phi) is 6.40. The number of nitrogens with one attached hydrogen (secondary N) is 1. The summed E-state index contributed by atoms with van der Waals surface area (Å²) in [5, 5.41) is 3.16. The van der Waals surface area contributed by atoms with Crippen LogP contribution in [0.2, 0.25) is 0 Å². The minimum atomic E-state index is 0.510. The molecule has 0 fully saturated rings. The zero-order valence-corrected chi connectivity index (χ0v) is 13.6. The van der Waals surface area contributed by atoms with Crippen molar-refractivity contribution in [2.75, 3.05) is 29.9 Å². The Bertz CT molecular complexity index is 749. The number of nitrogens with zero attached hydrogens (tertiary/aromatic N) is 1. The average molecular weight is 312 g/mol. The van der Waals surface area contributed by atoms with Crippen LogP contribution in [0.4, 0.5) is 11.4 Å². The van der Waals surface area contributed by atoms with E-state index < -0.39 is 0 Å². The third kappa shape index (κ3) is 4.88. The van der Waals surface area contributed by atoms with E-state index >= 15 is 0 Å². The van der Waals surface area contributed by atoms with Gasteiger partial charge in [-0.2, -0.15) is 0 Å². The van der Waals surface area contributed by atoms with Gasteiger partial charge in [0.05, 0.1) is 19.6 Å². The van der Waals surface area contributed by atoms with E-state index in [9.17, 15) is 0 Å². The van der Waals surface area contributed by atoms with Gasteiger partial charge in [0, 0.05) is 11.4 Å². The molecule has 0 radical (unpaired) electrons. The van der Waals surface area contributed by atoms with Crippen molar-refractivity contribution < 1.29 is 0 Å². The molecule has 2 nitrogen and oxygen atoms in total. The first-order valence-corrected chi connectivity index (χ1v) is 7.74. The van der Waals surface area contributed by atoms with Crippen molar-refractivity contribution in [1.29, 1.82) is 0 Å². The SMILES string of the molecule is C#CCNc1ccc(Cc2ccc(N(CC#C)CC#C)cc2)cc1. The summed E-state index contributed by atoms with van der Waals surface area (Å²) in [6.07, 6.45) is 16.9. The topological polar surface area (TPSA) is 15.3 Å². The smallest absolute Gasteiger partial charge is 0.0801 e. The summed E-state index contributed by atoms with van der Waals surface area (Å²) in [6, 6.07) is 16.6. The molecule has 118 valence electrons. The highest BCUT2D eigenvalue weighted by Crippen LogP contribution is 2.18. The van der Waals surface area contributed by atoms with Crippen molar-refractivity contribution in [3.05, 3.63) is 59.7 Å². The van der Waals surface area contributed by atoms with Crippen molar-refractivity contribution >= 4 is 11.4 Å². The van der Waals surface area contributed by atoms with Crippen LogP contribution in [0, 0.1) is 37.0 Å². The van der Waals surface area contributed by atoms with Gasteiger partial charge in [-0.25, -0.2) is 0 Å². The van der Waals surface area contributed by atoms with E-state index in [0.717, 1.165) is 17.8 Å². The molecular weight excluding hydrogens is 292 g/mol. The highest BCUT2D eigenvalue weighted by atomic mass is 15.1. The number of hydrogen-bond donors (Lipinski definition) is 1. The molecule has 0 aromatic heterocycles. The van der Waals surface area contributed by atoms with Gasteiger partial charge in [0.15, 0.2) is 0 Å². The molecule has 0 aliphatic carbocycles. The highest BCUT2D eigenvalue weighted by Gasteiger charge is 2.04. The van der Waals surface area contributed by atoms with Crippen molar-refractivity contribution in [2.24, 2.45) is 0 Å². The van der Waals surface area contributed by atoms with Gasteiger partial charge in [-0.3, -0.25) is 0 Å². The molecule has 0 saturated heterocycles. The molecule has 0 aliphatic heterocycles. The predicted octanol–water partition coefficient (Wildman–Crippen LogP) is 3.40. The van der Waals surface area contributed by atoms with Crippen LogP contribution in [0.15, 0.2) is 48.5 Å². The first kappa shape index (κ1) is 17.1. The minimum Gasteiger partial charge on any atom is -0.374 e. The molecule has 2 aromatic rings. The summed E-state index contributed by atoms with van der Waals surface area (Å²) in [5.74, 6) is 7.84. The maximum absolute atomic E-state index is 5.40. The first-order chi connectivity index (χ1) is 11.8. The van der Waals surface area contributed by atoms with Crippen LogP contribution in [0.1, 0.15) is 11.1 Å². The molecular formula is C22H20N2. The van der Waals surface area contributed by atoms with Crippen molar-refractivity contribution in [3.8, 4) is 37.0 Å². The Hall–Kier alpha value is -3.28. The molecule has 2 aromatic carbocycles. The summed E-state index contributed by atoms with van der Waals surface area (Å²) in [7, 11) is 0. The predicted molar refractivity (Wildman–Crippen MR) is 103 cm³/mol. The lowest BCUT2D eigenvalue weighted by Crippen LogP contribution is -2.23. The maximum atomic E-state index is 5.40. The lowest BCUT2D eigenvalue weighted by Gasteiger charge is -2.19. The number of anilines is 2. The Labute approximate surface area is 144 Å². The first-order valence-electron chi connectivity index (χ1n) is 7.74. The molecule has 0 bridgehead atoms. The number of hydrogen-bond acceptors (Lipinski definition) is 2. The molecule has 0 unspecified atom stereocenters. The van der Waals surface area contributed by atoms with Crippen LogP contribution >= 0.6 is 0 Å². The zero-order chi connectivity index (χ0) is 17.2.